The van der Waals surface area contributed by atoms with E-state index in [1.54, 1.807) is 12.3 Å². The molecule has 1 rings (SSSR count). The fourth-order valence-corrected chi connectivity index (χ4v) is 1.37. The van der Waals surface area contributed by atoms with Gasteiger partial charge in [0, 0.05) is 18.7 Å². The lowest BCUT2D eigenvalue weighted by Crippen LogP contribution is -2.36. The molecule has 112 valence electrons. The van der Waals surface area contributed by atoms with Crippen molar-refractivity contribution in [2.45, 2.75) is 33.2 Å². The lowest BCUT2D eigenvalue weighted by molar-refractivity contribution is -0.116. The molecule has 6 nitrogen and oxygen atoms in total. The Hall–Kier alpha value is -1.38. The molecule has 0 fully saturated rings. The topological polar surface area (TPSA) is 92.4 Å². The van der Waals surface area contributed by atoms with Crippen molar-refractivity contribution in [2.24, 2.45) is 10.7 Å². The van der Waals surface area contributed by atoms with Gasteiger partial charge in [-0.05, 0) is 32.4 Å². The van der Waals surface area contributed by atoms with E-state index in [0.717, 1.165) is 5.56 Å². The number of halogens is 1. The van der Waals surface area contributed by atoms with E-state index in [9.17, 15) is 4.79 Å². The molecule has 1 aromatic rings. The molecule has 0 unspecified atom stereocenters. The van der Waals surface area contributed by atoms with Gasteiger partial charge >= 0.3 is 0 Å². The highest BCUT2D eigenvalue weighted by Crippen LogP contribution is 2.04. The number of anilines is 1. The Kier molecular flexibility index (Phi) is 8.86. The maximum atomic E-state index is 11.6. The van der Waals surface area contributed by atoms with Gasteiger partial charge in [-0.2, -0.15) is 0 Å². The molecule has 0 aliphatic heterocycles. The molecular formula is C13H22IN5O. The largest absolute Gasteiger partial charge is 0.370 e. The number of aryl methyl sites for hydroxylation is 1. The summed E-state index contributed by atoms with van der Waals surface area (Å²) in [5.41, 5.74) is 6.68. The van der Waals surface area contributed by atoms with Gasteiger partial charge in [0.2, 0.25) is 5.91 Å². The molecule has 1 heterocycles. The van der Waals surface area contributed by atoms with Gasteiger partial charge in [0.05, 0.1) is 6.54 Å². The molecule has 1 aromatic heterocycles. The van der Waals surface area contributed by atoms with E-state index in [-0.39, 0.29) is 42.3 Å². The lowest BCUT2D eigenvalue weighted by Gasteiger charge is -2.08. The number of hydrogen-bond donors (Lipinski definition) is 3. The van der Waals surface area contributed by atoms with Crippen molar-refractivity contribution in [2.75, 3.05) is 11.9 Å². The molecule has 1 amide bonds. The summed E-state index contributed by atoms with van der Waals surface area (Å²) in [7, 11) is 0. The molecular weight excluding hydrogens is 369 g/mol. The minimum Gasteiger partial charge on any atom is -0.370 e. The molecule has 0 atom stereocenters. The van der Waals surface area contributed by atoms with Crippen LogP contribution in [0.3, 0.4) is 0 Å². The number of hydrogen-bond acceptors (Lipinski definition) is 3. The summed E-state index contributed by atoms with van der Waals surface area (Å²) < 4.78 is 0. The summed E-state index contributed by atoms with van der Waals surface area (Å²) in [6, 6.07) is 3.89. The first kappa shape index (κ1) is 18.6. The van der Waals surface area contributed by atoms with Crippen LogP contribution in [0.2, 0.25) is 0 Å². The molecule has 0 bridgehead atoms. The number of pyridine rings is 1. The summed E-state index contributed by atoms with van der Waals surface area (Å²) >= 11 is 0. The third kappa shape index (κ3) is 7.93. The Balaban J connectivity index is 0.00000361. The molecule has 7 heteroatoms. The number of nitrogens with two attached hydrogens (primary N) is 1. The van der Waals surface area contributed by atoms with Crippen LogP contribution in [-0.2, 0) is 4.79 Å². The Morgan fingerprint density at radius 2 is 2.15 bits per heavy atom. The quantitative estimate of drug-likeness (QED) is 0.404. The number of rotatable bonds is 5. The van der Waals surface area contributed by atoms with Crippen LogP contribution < -0.4 is 16.4 Å². The highest BCUT2D eigenvalue weighted by molar-refractivity contribution is 14.0. The van der Waals surface area contributed by atoms with Crippen molar-refractivity contribution < 1.29 is 4.79 Å². The fourth-order valence-electron chi connectivity index (χ4n) is 1.37. The molecule has 0 spiro atoms. The smallest absolute Gasteiger partial charge is 0.227 e. The van der Waals surface area contributed by atoms with Crippen LogP contribution in [0.1, 0.15) is 25.8 Å². The van der Waals surface area contributed by atoms with Gasteiger partial charge in [-0.15, -0.1) is 24.0 Å². The summed E-state index contributed by atoms with van der Waals surface area (Å²) in [5.74, 6) is 0.779. The average molecular weight is 391 g/mol. The van der Waals surface area contributed by atoms with Crippen molar-refractivity contribution >= 4 is 41.7 Å². The minimum atomic E-state index is -0.127. The fraction of sp³-hybridized carbons (Fsp3) is 0.462. The van der Waals surface area contributed by atoms with E-state index in [2.05, 4.69) is 20.6 Å². The summed E-state index contributed by atoms with van der Waals surface area (Å²) in [6.45, 7) is 6.23. The van der Waals surface area contributed by atoms with Crippen LogP contribution in [0.5, 0.6) is 0 Å². The first-order chi connectivity index (χ1) is 8.97. The van der Waals surface area contributed by atoms with Crippen molar-refractivity contribution in [3.05, 3.63) is 23.9 Å². The van der Waals surface area contributed by atoms with Crippen molar-refractivity contribution in [1.29, 1.82) is 0 Å². The van der Waals surface area contributed by atoms with Gasteiger partial charge in [0.25, 0.3) is 0 Å². The standard InChI is InChI=1S/C13H21N5O.HI/c1-9(2)17-13(14)15-7-6-12(19)18-11-5-4-10(3)8-16-11;/h4-5,8-9H,6-7H2,1-3H3,(H3,14,15,17)(H,16,18,19);1H. The summed E-state index contributed by atoms with van der Waals surface area (Å²) in [4.78, 5) is 19.8. The highest BCUT2D eigenvalue weighted by atomic mass is 127. The van der Waals surface area contributed by atoms with Gasteiger partial charge in [-0.25, -0.2) is 4.98 Å². The first-order valence-corrected chi connectivity index (χ1v) is 6.26. The van der Waals surface area contributed by atoms with Crippen molar-refractivity contribution in [1.82, 2.24) is 10.3 Å². The normalized spacial score (nSPS) is 10.9. The van der Waals surface area contributed by atoms with E-state index < -0.39 is 0 Å². The zero-order chi connectivity index (χ0) is 14.3. The number of guanidine groups is 1. The predicted molar refractivity (Wildman–Crippen MR) is 92.4 cm³/mol. The van der Waals surface area contributed by atoms with E-state index in [1.165, 1.54) is 0 Å². The Labute approximate surface area is 136 Å². The van der Waals surface area contributed by atoms with Crippen LogP contribution in [0.25, 0.3) is 0 Å². The maximum absolute atomic E-state index is 11.6. The zero-order valence-corrected chi connectivity index (χ0v) is 14.3. The van der Waals surface area contributed by atoms with Crippen molar-refractivity contribution in [3.8, 4) is 0 Å². The molecule has 0 saturated carbocycles. The molecule has 0 radical (unpaired) electrons. The van der Waals surface area contributed by atoms with Crippen LogP contribution >= 0.6 is 24.0 Å². The highest BCUT2D eigenvalue weighted by Gasteiger charge is 2.02. The average Bonchev–Trinajstić information content (AvgIpc) is 2.31. The zero-order valence-electron chi connectivity index (χ0n) is 12.0. The molecule has 0 saturated heterocycles. The van der Waals surface area contributed by atoms with Gasteiger partial charge in [-0.1, -0.05) is 6.07 Å². The van der Waals surface area contributed by atoms with E-state index in [4.69, 9.17) is 5.73 Å². The van der Waals surface area contributed by atoms with Crippen molar-refractivity contribution in [3.63, 3.8) is 0 Å². The molecule has 0 aliphatic carbocycles. The summed E-state index contributed by atoms with van der Waals surface area (Å²) in [6.07, 6.45) is 1.98. The lowest BCUT2D eigenvalue weighted by atomic mass is 10.3. The maximum Gasteiger partial charge on any atom is 0.227 e. The second-order valence-corrected chi connectivity index (χ2v) is 4.58. The minimum absolute atomic E-state index is 0. The number of carbonyl (C=O) groups excluding carboxylic acids is 1. The molecule has 4 N–H and O–H groups in total. The summed E-state index contributed by atoms with van der Waals surface area (Å²) in [5, 5.41) is 5.66. The van der Waals surface area contributed by atoms with Gasteiger partial charge in [0.1, 0.15) is 5.82 Å². The Bertz CT molecular complexity index is 445. The number of aromatic nitrogens is 1. The van der Waals surface area contributed by atoms with Crippen LogP contribution in [0, 0.1) is 6.92 Å². The van der Waals surface area contributed by atoms with E-state index in [1.807, 2.05) is 26.8 Å². The van der Waals surface area contributed by atoms with E-state index in [0.29, 0.717) is 18.3 Å². The Morgan fingerprint density at radius 3 is 2.70 bits per heavy atom. The van der Waals surface area contributed by atoms with E-state index >= 15 is 0 Å². The molecule has 0 aromatic carbocycles. The number of aliphatic imine (C=N–C) groups is 1. The van der Waals surface area contributed by atoms with Crippen LogP contribution in [0.15, 0.2) is 23.3 Å². The van der Waals surface area contributed by atoms with Gasteiger partial charge < -0.3 is 16.4 Å². The monoisotopic (exact) mass is 391 g/mol. The SMILES string of the molecule is Cc1ccc(NC(=O)CCN=C(N)NC(C)C)nc1.I. The van der Waals surface area contributed by atoms with Crippen LogP contribution in [-0.4, -0.2) is 29.4 Å². The van der Waals surface area contributed by atoms with Gasteiger partial charge in [-0.3, -0.25) is 9.79 Å². The molecule has 0 aliphatic rings. The third-order valence-electron chi connectivity index (χ3n) is 2.24. The van der Waals surface area contributed by atoms with Crippen LogP contribution in [0.4, 0.5) is 5.82 Å². The number of nitrogens with zero attached hydrogens (tertiary/aromatic N) is 2. The Morgan fingerprint density at radius 1 is 1.45 bits per heavy atom. The number of carbonyl (C=O) groups is 1. The first-order valence-electron chi connectivity index (χ1n) is 6.26. The third-order valence-corrected chi connectivity index (χ3v) is 2.24. The second-order valence-electron chi connectivity index (χ2n) is 4.58. The predicted octanol–water partition coefficient (Wildman–Crippen LogP) is 1.65. The van der Waals surface area contributed by atoms with Gasteiger partial charge in [0.15, 0.2) is 5.96 Å². The molecule has 20 heavy (non-hydrogen) atoms. The number of nitrogens with one attached hydrogen (secondary N) is 2. The number of amides is 1. The second kappa shape index (κ2) is 9.51.